The molecule has 0 aromatic heterocycles. The number of hydrogen-bond acceptors (Lipinski definition) is 2. The van der Waals surface area contributed by atoms with Crippen LogP contribution in [0, 0.1) is 17.3 Å². The zero-order chi connectivity index (χ0) is 14.3. The summed E-state index contributed by atoms with van der Waals surface area (Å²) in [5.74, 6) is 1.37. The van der Waals surface area contributed by atoms with Crippen LogP contribution in [-0.2, 0) is 0 Å². The zero-order valence-corrected chi connectivity index (χ0v) is 13.1. The first-order valence-electron chi connectivity index (χ1n) is 8.49. The highest BCUT2D eigenvalue weighted by atomic mass is 14.7. The van der Waals surface area contributed by atoms with Crippen LogP contribution < -0.4 is 11.5 Å². The van der Waals surface area contributed by atoms with E-state index in [0.717, 1.165) is 11.6 Å². The summed E-state index contributed by atoms with van der Waals surface area (Å²) in [6.45, 7) is 4.57. The molecule has 2 nitrogen and oxygen atoms in total. The average Bonchev–Trinajstić information content (AvgIpc) is 3.10. The Morgan fingerprint density at radius 1 is 1.05 bits per heavy atom. The minimum absolute atomic E-state index is 0.0639. The maximum absolute atomic E-state index is 6.72. The maximum Gasteiger partial charge on any atom is 0.0490 e. The van der Waals surface area contributed by atoms with Crippen molar-refractivity contribution < 1.29 is 0 Å². The van der Waals surface area contributed by atoms with Crippen LogP contribution in [0.3, 0.4) is 0 Å². The molecular formula is C18H30N2. The first kappa shape index (κ1) is 14.2. The Morgan fingerprint density at radius 2 is 1.60 bits per heavy atom. The summed E-state index contributed by atoms with van der Waals surface area (Å²) in [6, 6.07) is 0.0765. The molecule has 0 amide bonds. The van der Waals surface area contributed by atoms with Crippen LogP contribution in [0.2, 0.25) is 0 Å². The molecule has 0 spiro atoms. The van der Waals surface area contributed by atoms with E-state index in [2.05, 4.69) is 19.9 Å². The molecular weight excluding hydrogens is 244 g/mol. The van der Waals surface area contributed by atoms with Gasteiger partial charge in [0, 0.05) is 17.2 Å². The lowest BCUT2D eigenvalue weighted by Gasteiger charge is -2.42. The second-order valence-corrected chi connectivity index (χ2v) is 7.48. The van der Waals surface area contributed by atoms with E-state index in [0.29, 0.717) is 5.92 Å². The topological polar surface area (TPSA) is 52.0 Å². The number of nitrogens with two attached hydrogens (primary N) is 2. The Kier molecular flexibility index (Phi) is 3.70. The molecule has 0 saturated heterocycles. The molecule has 4 N–H and O–H groups in total. The molecule has 112 valence electrons. The minimum Gasteiger partial charge on any atom is -0.401 e. The third-order valence-corrected chi connectivity index (χ3v) is 6.24. The van der Waals surface area contributed by atoms with Gasteiger partial charge in [-0.15, -0.1) is 0 Å². The summed E-state index contributed by atoms with van der Waals surface area (Å²) >= 11 is 0. The van der Waals surface area contributed by atoms with Crippen LogP contribution in [-0.4, -0.2) is 6.04 Å². The molecule has 20 heavy (non-hydrogen) atoms. The lowest BCUT2D eigenvalue weighted by atomic mass is 9.65. The first-order chi connectivity index (χ1) is 9.54. The van der Waals surface area contributed by atoms with Crippen molar-refractivity contribution >= 4 is 0 Å². The highest BCUT2D eigenvalue weighted by Crippen LogP contribution is 2.50. The van der Waals surface area contributed by atoms with Crippen molar-refractivity contribution in [1.82, 2.24) is 0 Å². The van der Waals surface area contributed by atoms with Gasteiger partial charge in [-0.2, -0.15) is 0 Å². The Balaban J connectivity index is 2.00. The van der Waals surface area contributed by atoms with E-state index in [4.69, 9.17) is 11.5 Å². The lowest BCUT2D eigenvalue weighted by molar-refractivity contribution is 0.293. The maximum atomic E-state index is 6.72. The minimum atomic E-state index is 0.0639. The van der Waals surface area contributed by atoms with Gasteiger partial charge in [0.1, 0.15) is 0 Å². The second-order valence-electron chi connectivity index (χ2n) is 7.48. The highest BCUT2D eigenvalue weighted by molar-refractivity contribution is 5.42. The summed E-state index contributed by atoms with van der Waals surface area (Å²) in [7, 11) is 0. The van der Waals surface area contributed by atoms with Crippen molar-refractivity contribution in [3.8, 4) is 0 Å². The van der Waals surface area contributed by atoms with Crippen molar-refractivity contribution in [3.63, 3.8) is 0 Å². The molecule has 2 fully saturated rings. The van der Waals surface area contributed by atoms with Gasteiger partial charge in [0.15, 0.2) is 0 Å². The van der Waals surface area contributed by atoms with Gasteiger partial charge >= 0.3 is 0 Å². The zero-order valence-electron chi connectivity index (χ0n) is 13.1. The van der Waals surface area contributed by atoms with E-state index in [1.807, 2.05) is 0 Å². The van der Waals surface area contributed by atoms with Crippen LogP contribution >= 0.6 is 0 Å². The monoisotopic (exact) mass is 274 g/mol. The van der Waals surface area contributed by atoms with Crippen LogP contribution in [0.15, 0.2) is 22.9 Å². The average molecular weight is 274 g/mol. The summed E-state index contributed by atoms with van der Waals surface area (Å²) in [4.78, 5) is 0. The molecule has 0 radical (unpaired) electrons. The molecule has 3 aliphatic rings. The molecule has 2 heteroatoms. The van der Waals surface area contributed by atoms with Crippen molar-refractivity contribution in [2.24, 2.45) is 28.7 Å². The van der Waals surface area contributed by atoms with Crippen LogP contribution in [0.25, 0.3) is 0 Å². The van der Waals surface area contributed by atoms with Crippen molar-refractivity contribution in [3.05, 3.63) is 22.9 Å². The van der Waals surface area contributed by atoms with Gasteiger partial charge in [-0.3, -0.25) is 0 Å². The van der Waals surface area contributed by atoms with Crippen molar-refractivity contribution in [2.45, 2.75) is 71.3 Å². The van der Waals surface area contributed by atoms with E-state index in [-0.39, 0.29) is 11.5 Å². The quantitative estimate of drug-likeness (QED) is 0.751. The van der Waals surface area contributed by atoms with Crippen LogP contribution in [0.1, 0.15) is 65.2 Å². The predicted octanol–water partition coefficient (Wildman–Crippen LogP) is 3.87. The Hall–Kier alpha value is -0.760. The van der Waals surface area contributed by atoms with Crippen molar-refractivity contribution in [2.75, 3.05) is 0 Å². The van der Waals surface area contributed by atoms with E-state index in [9.17, 15) is 0 Å². The molecule has 3 aliphatic carbocycles. The van der Waals surface area contributed by atoms with E-state index >= 15 is 0 Å². The summed E-state index contributed by atoms with van der Waals surface area (Å²) in [5, 5.41) is 0. The number of allylic oxidation sites excluding steroid dienone is 1. The van der Waals surface area contributed by atoms with E-state index < -0.39 is 0 Å². The normalized spacial score (nSPS) is 36.8. The van der Waals surface area contributed by atoms with E-state index in [1.54, 1.807) is 0 Å². The van der Waals surface area contributed by atoms with Crippen LogP contribution in [0.5, 0.6) is 0 Å². The van der Waals surface area contributed by atoms with Gasteiger partial charge < -0.3 is 11.5 Å². The third kappa shape index (κ3) is 2.13. The number of hydrogen-bond donors (Lipinski definition) is 2. The third-order valence-electron chi connectivity index (χ3n) is 6.24. The second kappa shape index (κ2) is 5.22. The largest absolute Gasteiger partial charge is 0.401 e. The van der Waals surface area contributed by atoms with Gasteiger partial charge in [-0.1, -0.05) is 44.3 Å². The Morgan fingerprint density at radius 3 is 2.20 bits per heavy atom. The fourth-order valence-electron chi connectivity index (χ4n) is 4.94. The Bertz CT molecular complexity index is 436. The highest BCUT2D eigenvalue weighted by Gasteiger charge is 2.43. The summed E-state index contributed by atoms with van der Waals surface area (Å²) in [5.41, 5.74) is 17.2. The van der Waals surface area contributed by atoms with Gasteiger partial charge in [-0.25, -0.2) is 0 Å². The fourth-order valence-corrected chi connectivity index (χ4v) is 4.94. The predicted molar refractivity (Wildman–Crippen MR) is 85.0 cm³/mol. The molecule has 0 aliphatic heterocycles. The standard InChI is InChI=1S/C18H30N2/c1-12-11-18(2,14-9-5-6-10-14)17(20)15(16(12)19)13-7-3-4-8-13/h11,13-14,16H,3-10,19-20H2,1-2H3. The molecule has 0 heterocycles. The Labute approximate surface area is 123 Å². The SMILES string of the molecule is CC1=CC(C)(C2CCCC2)C(N)=C(C2CCCC2)C1N. The van der Waals surface area contributed by atoms with Gasteiger partial charge in [0.05, 0.1) is 0 Å². The molecule has 2 atom stereocenters. The van der Waals surface area contributed by atoms with E-state index in [1.165, 1.54) is 62.5 Å². The van der Waals surface area contributed by atoms with Gasteiger partial charge in [0.2, 0.25) is 0 Å². The molecule has 0 bridgehead atoms. The molecule has 2 saturated carbocycles. The lowest BCUT2D eigenvalue weighted by Crippen LogP contribution is -2.42. The first-order valence-corrected chi connectivity index (χ1v) is 8.49. The molecule has 0 aromatic carbocycles. The molecule has 2 unspecified atom stereocenters. The van der Waals surface area contributed by atoms with Crippen LogP contribution in [0.4, 0.5) is 0 Å². The van der Waals surface area contributed by atoms with Crippen molar-refractivity contribution in [1.29, 1.82) is 0 Å². The molecule has 3 rings (SSSR count). The number of rotatable bonds is 2. The smallest absolute Gasteiger partial charge is 0.0490 e. The summed E-state index contributed by atoms with van der Waals surface area (Å²) in [6.07, 6.45) is 13.1. The summed E-state index contributed by atoms with van der Waals surface area (Å²) < 4.78 is 0. The van der Waals surface area contributed by atoms with Gasteiger partial charge in [-0.05, 0) is 50.0 Å². The van der Waals surface area contributed by atoms with Gasteiger partial charge in [0.25, 0.3) is 0 Å². The molecule has 0 aromatic rings. The fraction of sp³-hybridized carbons (Fsp3) is 0.778.